The molecule has 0 bridgehead atoms. The standard InChI is InChI=1S/C10H19NO/c1-11-7-6-10(8-11)4-2-9(12)3-5-10/h9,12H,2-8H2,1H3. The molecule has 0 atom stereocenters. The highest BCUT2D eigenvalue weighted by molar-refractivity contribution is 4.92. The minimum atomic E-state index is 0.00142. The van der Waals surface area contributed by atoms with Gasteiger partial charge in [0.1, 0.15) is 0 Å². The quantitative estimate of drug-likeness (QED) is 0.590. The lowest BCUT2D eigenvalue weighted by Gasteiger charge is -2.35. The van der Waals surface area contributed by atoms with E-state index in [4.69, 9.17) is 0 Å². The maximum atomic E-state index is 9.41. The van der Waals surface area contributed by atoms with Gasteiger partial charge in [-0.05, 0) is 51.1 Å². The van der Waals surface area contributed by atoms with Crippen molar-refractivity contribution in [2.45, 2.75) is 38.2 Å². The Hall–Kier alpha value is -0.0800. The van der Waals surface area contributed by atoms with Crippen molar-refractivity contribution in [1.82, 2.24) is 4.90 Å². The van der Waals surface area contributed by atoms with Crippen LogP contribution in [0.2, 0.25) is 0 Å². The van der Waals surface area contributed by atoms with E-state index in [1.807, 2.05) is 0 Å². The molecule has 2 fully saturated rings. The van der Waals surface area contributed by atoms with E-state index in [0.29, 0.717) is 5.41 Å². The fourth-order valence-electron chi connectivity index (χ4n) is 2.78. The highest BCUT2D eigenvalue weighted by Crippen LogP contribution is 2.43. The Morgan fingerprint density at radius 2 is 1.92 bits per heavy atom. The highest BCUT2D eigenvalue weighted by Gasteiger charge is 2.39. The van der Waals surface area contributed by atoms with Crippen molar-refractivity contribution in [2.75, 3.05) is 20.1 Å². The van der Waals surface area contributed by atoms with Crippen LogP contribution in [0.25, 0.3) is 0 Å². The number of nitrogens with zero attached hydrogens (tertiary/aromatic N) is 1. The van der Waals surface area contributed by atoms with Crippen LogP contribution in [-0.4, -0.2) is 36.2 Å². The lowest BCUT2D eigenvalue weighted by atomic mass is 9.73. The molecule has 2 nitrogen and oxygen atoms in total. The number of rotatable bonds is 0. The van der Waals surface area contributed by atoms with Gasteiger partial charge in [0.15, 0.2) is 0 Å². The molecule has 1 heterocycles. The summed E-state index contributed by atoms with van der Waals surface area (Å²) in [6.07, 6.45) is 5.93. The summed E-state index contributed by atoms with van der Waals surface area (Å²) in [5.41, 5.74) is 0.591. The van der Waals surface area contributed by atoms with Crippen LogP contribution in [0.3, 0.4) is 0 Å². The number of hydrogen-bond donors (Lipinski definition) is 1. The lowest BCUT2D eigenvalue weighted by molar-refractivity contribution is 0.0676. The fourth-order valence-corrected chi connectivity index (χ4v) is 2.78. The molecule has 2 heteroatoms. The first-order chi connectivity index (χ1) is 5.70. The van der Waals surface area contributed by atoms with Gasteiger partial charge in [0.25, 0.3) is 0 Å². The molecule has 70 valence electrons. The first kappa shape index (κ1) is 8.52. The molecule has 1 saturated heterocycles. The van der Waals surface area contributed by atoms with Crippen LogP contribution >= 0.6 is 0 Å². The normalized spacial score (nSPS) is 44.0. The zero-order valence-corrected chi connectivity index (χ0v) is 7.92. The summed E-state index contributed by atoms with van der Waals surface area (Å²) in [6, 6.07) is 0. The van der Waals surface area contributed by atoms with Gasteiger partial charge in [-0.3, -0.25) is 0 Å². The molecule has 1 aliphatic heterocycles. The van der Waals surface area contributed by atoms with E-state index >= 15 is 0 Å². The molecule has 12 heavy (non-hydrogen) atoms. The second-order valence-corrected chi connectivity index (χ2v) is 4.72. The summed E-state index contributed by atoms with van der Waals surface area (Å²) in [7, 11) is 2.21. The zero-order valence-electron chi connectivity index (χ0n) is 7.92. The summed E-state index contributed by atoms with van der Waals surface area (Å²) >= 11 is 0. The largest absolute Gasteiger partial charge is 0.393 e. The predicted molar refractivity (Wildman–Crippen MR) is 49.0 cm³/mol. The third-order valence-electron chi connectivity index (χ3n) is 3.64. The Balaban J connectivity index is 1.95. The van der Waals surface area contributed by atoms with Gasteiger partial charge in [0.05, 0.1) is 6.10 Å². The summed E-state index contributed by atoms with van der Waals surface area (Å²) in [6.45, 7) is 2.52. The topological polar surface area (TPSA) is 23.5 Å². The van der Waals surface area contributed by atoms with Crippen molar-refractivity contribution in [3.8, 4) is 0 Å². The van der Waals surface area contributed by atoms with E-state index in [2.05, 4.69) is 11.9 Å². The summed E-state index contributed by atoms with van der Waals surface area (Å²) in [4.78, 5) is 2.43. The average molecular weight is 169 g/mol. The molecule has 1 aliphatic carbocycles. The van der Waals surface area contributed by atoms with Crippen molar-refractivity contribution in [2.24, 2.45) is 5.41 Å². The van der Waals surface area contributed by atoms with Crippen LogP contribution in [0.4, 0.5) is 0 Å². The van der Waals surface area contributed by atoms with E-state index in [1.165, 1.54) is 32.4 Å². The predicted octanol–water partition coefficient (Wildman–Crippen LogP) is 1.24. The Morgan fingerprint density at radius 3 is 2.42 bits per heavy atom. The van der Waals surface area contributed by atoms with Crippen LogP contribution in [0.5, 0.6) is 0 Å². The minimum absolute atomic E-state index is 0.00142. The Labute approximate surface area is 74.6 Å². The van der Waals surface area contributed by atoms with Gasteiger partial charge in [-0.15, -0.1) is 0 Å². The van der Waals surface area contributed by atoms with Gasteiger partial charge >= 0.3 is 0 Å². The second-order valence-electron chi connectivity index (χ2n) is 4.72. The van der Waals surface area contributed by atoms with Crippen molar-refractivity contribution in [3.63, 3.8) is 0 Å². The van der Waals surface area contributed by atoms with E-state index in [1.54, 1.807) is 0 Å². The van der Waals surface area contributed by atoms with Gasteiger partial charge in [-0.2, -0.15) is 0 Å². The second kappa shape index (κ2) is 3.00. The molecule has 0 aromatic rings. The van der Waals surface area contributed by atoms with Crippen LogP contribution in [0.15, 0.2) is 0 Å². The van der Waals surface area contributed by atoms with Crippen molar-refractivity contribution in [3.05, 3.63) is 0 Å². The van der Waals surface area contributed by atoms with E-state index in [-0.39, 0.29) is 6.10 Å². The monoisotopic (exact) mass is 169 g/mol. The van der Waals surface area contributed by atoms with Gasteiger partial charge in [0, 0.05) is 6.54 Å². The third-order valence-corrected chi connectivity index (χ3v) is 3.64. The summed E-state index contributed by atoms with van der Waals surface area (Å²) in [5, 5.41) is 9.41. The van der Waals surface area contributed by atoms with E-state index in [0.717, 1.165) is 12.8 Å². The lowest BCUT2D eigenvalue weighted by Crippen LogP contribution is -2.31. The molecule has 0 radical (unpaired) electrons. The maximum Gasteiger partial charge on any atom is 0.0540 e. The van der Waals surface area contributed by atoms with Crippen LogP contribution < -0.4 is 0 Å². The molecule has 0 aromatic heterocycles. The van der Waals surface area contributed by atoms with Crippen molar-refractivity contribution < 1.29 is 5.11 Å². The smallest absolute Gasteiger partial charge is 0.0540 e. The molecule has 1 saturated carbocycles. The SMILES string of the molecule is CN1CCC2(CCC(O)CC2)C1. The van der Waals surface area contributed by atoms with Crippen LogP contribution in [0, 0.1) is 5.41 Å². The highest BCUT2D eigenvalue weighted by atomic mass is 16.3. The van der Waals surface area contributed by atoms with Crippen LogP contribution in [-0.2, 0) is 0 Å². The molecule has 0 amide bonds. The third kappa shape index (κ3) is 1.50. The molecule has 0 unspecified atom stereocenters. The maximum absolute atomic E-state index is 9.41. The fraction of sp³-hybridized carbons (Fsp3) is 1.00. The van der Waals surface area contributed by atoms with Crippen molar-refractivity contribution >= 4 is 0 Å². The molecule has 0 aromatic carbocycles. The summed E-state index contributed by atoms with van der Waals surface area (Å²) in [5.74, 6) is 0. The molecule has 2 rings (SSSR count). The first-order valence-corrected chi connectivity index (χ1v) is 5.07. The van der Waals surface area contributed by atoms with E-state index in [9.17, 15) is 5.11 Å². The van der Waals surface area contributed by atoms with Gasteiger partial charge in [0.2, 0.25) is 0 Å². The Kier molecular flexibility index (Phi) is 2.13. The molecule has 1 N–H and O–H groups in total. The molecule has 2 aliphatic rings. The zero-order chi connectivity index (χ0) is 8.60. The number of aliphatic hydroxyl groups is 1. The minimum Gasteiger partial charge on any atom is -0.393 e. The number of hydrogen-bond acceptors (Lipinski definition) is 2. The van der Waals surface area contributed by atoms with E-state index < -0.39 is 0 Å². The molecule has 1 spiro atoms. The van der Waals surface area contributed by atoms with Gasteiger partial charge < -0.3 is 10.0 Å². The molecular formula is C10H19NO. The number of aliphatic hydroxyl groups excluding tert-OH is 1. The van der Waals surface area contributed by atoms with Crippen molar-refractivity contribution in [1.29, 1.82) is 0 Å². The summed E-state index contributed by atoms with van der Waals surface area (Å²) < 4.78 is 0. The average Bonchev–Trinajstić information content (AvgIpc) is 2.40. The van der Waals surface area contributed by atoms with Crippen LogP contribution in [0.1, 0.15) is 32.1 Å². The Bertz CT molecular complexity index is 161. The number of likely N-dealkylation sites (tertiary alicyclic amines) is 1. The first-order valence-electron chi connectivity index (χ1n) is 5.07. The molecular weight excluding hydrogens is 150 g/mol. The Morgan fingerprint density at radius 1 is 1.25 bits per heavy atom. The van der Waals surface area contributed by atoms with Gasteiger partial charge in [-0.1, -0.05) is 0 Å². The van der Waals surface area contributed by atoms with Gasteiger partial charge in [-0.25, -0.2) is 0 Å².